The van der Waals surface area contributed by atoms with Gasteiger partial charge in [-0.3, -0.25) is 10.3 Å². The van der Waals surface area contributed by atoms with Crippen molar-refractivity contribution < 1.29 is 0 Å². The van der Waals surface area contributed by atoms with Crippen LogP contribution in [0.4, 0.5) is 0 Å². The van der Waals surface area contributed by atoms with Gasteiger partial charge in [0.15, 0.2) is 0 Å². The molecule has 5 heteroatoms. The molecule has 2 N–H and O–H groups in total. The molecule has 0 spiro atoms. The largest absolute Gasteiger partial charge is 0.374 e. The molecule has 0 aromatic heterocycles. The Hall–Kier alpha value is 0.00987. The van der Waals surface area contributed by atoms with Crippen molar-refractivity contribution >= 4 is 15.1 Å². The van der Waals surface area contributed by atoms with Crippen LogP contribution in [0, 0.1) is 0 Å². The van der Waals surface area contributed by atoms with Gasteiger partial charge in [-0.05, 0) is 7.05 Å². The number of hydrogen-bond acceptors (Lipinski definition) is 3. The Morgan fingerprint density at radius 3 is 2.67 bits per heavy atom. The molecule has 0 aliphatic carbocycles. The van der Waals surface area contributed by atoms with Gasteiger partial charge in [0.1, 0.15) is 0 Å². The minimum atomic E-state index is 0.913. The molecule has 32 valence electrons. The van der Waals surface area contributed by atoms with E-state index in [-0.39, 0.29) is 0 Å². The molecule has 1 heterocycles. The standard InChI is InChI=1S/CH7B2N3/c1-6-3-4-2-5-6/h2-5H,1H3. The number of nitrogens with zero attached hydrogens (tertiary/aromatic N) is 1. The molecule has 0 aromatic rings. The van der Waals surface area contributed by atoms with Crippen LogP contribution in [0.2, 0.25) is 0 Å². The minimum absolute atomic E-state index is 0.913. The second kappa shape index (κ2) is 1.64. The molecule has 3 nitrogen and oxygen atoms in total. The zero-order valence-electron chi connectivity index (χ0n) is 3.86. The predicted octanol–water partition coefficient (Wildman–Crippen LogP) is -2.44. The first-order valence-corrected chi connectivity index (χ1v) is 2.05. The van der Waals surface area contributed by atoms with E-state index in [1.807, 2.05) is 12.0 Å². The van der Waals surface area contributed by atoms with Crippen LogP contribution < -0.4 is 10.5 Å². The Labute approximate surface area is 38.6 Å². The lowest BCUT2D eigenvalue weighted by Gasteiger charge is -2.01. The minimum Gasteiger partial charge on any atom is -0.374 e. The highest BCUT2D eigenvalue weighted by Crippen LogP contribution is 1.67. The third kappa shape index (κ3) is 0.739. The van der Waals surface area contributed by atoms with Crippen LogP contribution in [0.5, 0.6) is 0 Å². The highest BCUT2D eigenvalue weighted by atomic mass is 15.5. The van der Waals surface area contributed by atoms with Crippen molar-refractivity contribution in [1.29, 1.82) is 0 Å². The molecule has 0 amide bonds. The van der Waals surface area contributed by atoms with Crippen LogP contribution >= 0.6 is 0 Å². The molecule has 0 unspecified atom stereocenters. The summed E-state index contributed by atoms with van der Waals surface area (Å²) in [6.07, 6.45) is 0. The van der Waals surface area contributed by atoms with Gasteiger partial charge in [0.2, 0.25) is 0 Å². The molecule has 6 heavy (non-hydrogen) atoms. The summed E-state index contributed by atoms with van der Waals surface area (Å²) in [7, 11) is 3.87. The highest BCUT2D eigenvalue weighted by Gasteiger charge is 2.05. The Kier molecular flexibility index (Phi) is 1.14. The second-order valence-electron chi connectivity index (χ2n) is 1.44. The van der Waals surface area contributed by atoms with Gasteiger partial charge >= 0.3 is 0 Å². The number of nitrogens with one attached hydrogen (secondary N) is 2. The average Bonchev–Trinajstić information content (AvgIpc) is 1.86. The van der Waals surface area contributed by atoms with E-state index in [1.165, 1.54) is 0 Å². The zero-order chi connectivity index (χ0) is 4.41. The molecule has 0 atom stereocenters. The Balaban J connectivity index is 2.18. The summed E-state index contributed by atoms with van der Waals surface area (Å²) in [5.41, 5.74) is 0. The molecule has 0 aromatic carbocycles. The summed E-state index contributed by atoms with van der Waals surface area (Å²) in [5.74, 6) is 0. The lowest BCUT2D eigenvalue weighted by atomic mass is 10.1. The van der Waals surface area contributed by atoms with Gasteiger partial charge in [0.05, 0.1) is 0 Å². The van der Waals surface area contributed by atoms with E-state index in [1.54, 1.807) is 0 Å². The molecular formula is CH7B2N3. The maximum Gasteiger partial charge on any atom is 0.291 e. The summed E-state index contributed by atoms with van der Waals surface area (Å²) in [5, 5.41) is 6.13. The van der Waals surface area contributed by atoms with Gasteiger partial charge in [0.25, 0.3) is 15.1 Å². The van der Waals surface area contributed by atoms with Crippen LogP contribution in [0.3, 0.4) is 0 Å². The molecule has 1 aliphatic rings. The van der Waals surface area contributed by atoms with Crippen molar-refractivity contribution in [3.63, 3.8) is 0 Å². The first kappa shape index (κ1) is 4.18. The molecular weight excluding hydrogens is 75.7 g/mol. The van der Waals surface area contributed by atoms with Crippen LogP contribution in [-0.4, -0.2) is 27.1 Å². The predicted molar refractivity (Wildman–Crippen MR) is 28.3 cm³/mol. The Morgan fingerprint density at radius 1 is 1.67 bits per heavy atom. The molecule has 1 fully saturated rings. The number of hydrazine groups is 1. The summed E-state index contributed by atoms with van der Waals surface area (Å²) in [4.78, 5) is 2.00. The van der Waals surface area contributed by atoms with Crippen molar-refractivity contribution in [2.45, 2.75) is 0 Å². The summed E-state index contributed by atoms with van der Waals surface area (Å²) in [6, 6.07) is 0. The summed E-state index contributed by atoms with van der Waals surface area (Å²) in [6.45, 7) is 0. The van der Waals surface area contributed by atoms with Crippen LogP contribution in [0.1, 0.15) is 0 Å². The Morgan fingerprint density at radius 2 is 2.50 bits per heavy atom. The maximum atomic E-state index is 3.09. The van der Waals surface area contributed by atoms with Gasteiger partial charge in [-0.1, -0.05) is 0 Å². The molecule has 0 bridgehead atoms. The fourth-order valence-electron chi connectivity index (χ4n) is 0.470. The van der Waals surface area contributed by atoms with Gasteiger partial charge in [-0.15, -0.1) is 0 Å². The van der Waals surface area contributed by atoms with Gasteiger partial charge < -0.3 is 5.14 Å². The first-order valence-electron chi connectivity index (χ1n) is 2.05. The lowest BCUT2D eigenvalue weighted by Crippen LogP contribution is -2.28. The zero-order valence-corrected chi connectivity index (χ0v) is 3.86. The third-order valence-electron chi connectivity index (χ3n) is 0.823. The molecule has 0 saturated carbocycles. The SMILES string of the molecule is CN1BNBN1. The van der Waals surface area contributed by atoms with E-state index in [0.29, 0.717) is 0 Å². The smallest absolute Gasteiger partial charge is 0.291 e. The van der Waals surface area contributed by atoms with Gasteiger partial charge in [-0.2, -0.15) is 0 Å². The van der Waals surface area contributed by atoms with Crippen LogP contribution in [-0.2, 0) is 0 Å². The lowest BCUT2D eigenvalue weighted by molar-refractivity contribution is 0.517. The molecule has 0 radical (unpaired) electrons. The van der Waals surface area contributed by atoms with Crippen molar-refractivity contribution in [2.24, 2.45) is 0 Å². The van der Waals surface area contributed by atoms with Gasteiger partial charge in [-0.25, -0.2) is 0 Å². The third-order valence-corrected chi connectivity index (χ3v) is 0.823. The molecule has 1 rings (SSSR count). The molecule has 1 saturated heterocycles. The van der Waals surface area contributed by atoms with E-state index in [9.17, 15) is 0 Å². The van der Waals surface area contributed by atoms with E-state index < -0.39 is 0 Å². The van der Waals surface area contributed by atoms with E-state index in [4.69, 9.17) is 0 Å². The topological polar surface area (TPSA) is 27.3 Å². The fourth-order valence-corrected chi connectivity index (χ4v) is 0.470. The first-order chi connectivity index (χ1) is 2.89. The van der Waals surface area contributed by atoms with Crippen molar-refractivity contribution in [3.8, 4) is 0 Å². The summed E-state index contributed by atoms with van der Waals surface area (Å²) >= 11 is 0. The normalized spacial score (nSPS) is 22.8. The average molecular weight is 82.7 g/mol. The number of hydrogen-bond donors (Lipinski definition) is 2. The van der Waals surface area contributed by atoms with Crippen LogP contribution in [0.15, 0.2) is 0 Å². The van der Waals surface area contributed by atoms with Crippen LogP contribution in [0.25, 0.3) is 0 Å². The van der Waals surface area contributed by atoms with Crippen molar-refractivity contribution in [3.05, 3.63) is 0 Å². The van der Waals surface area contributed by atoms with E-state index in [2.05, 4.69) is 10.5 Å². The highest BCUT2D eigenvalue weighted by molar-refractivity contribution is 6.51. The van der Waals surface area contributed by atoms with E-state index >= 15 is 0 Å². The van der Waals surface area contributed by atoms with Gasteiger partial charge in [0, 0.05) is 0 Å². The number of rotatable bonds is 0. The van der Waals surface area contributed by atoms with E-state index in [0.717, 1.165) is 15.1 Å². The quantitative estimate of drug-likeness (QED) is 0.318. The molecule has 1 aliphatic heterocycles. The van der Waals surface area contributed by atoms with Crippen molar-refractivity contribution in [1.82, 2.24) is 15.4 Å². The monoisotopic (exact) mass is 83.1 g/mol. The fraction of sp³-hybridized carbons (Fsp3) is 1.00. The second-order valence-corrected chi connectivity index (χ2v) is 1.44. The Bertz CT molecular complexity index is 42.1. The van der Waals surface area contributed by atoms with Crippen molar-refractivity contribution in [2.75, 3.05) is 7.05 Å². The summed E-state index contributed by atoms with van der Waals surface area (Å²) < 4.78 is 0. The maximum absolute atomic E-state index is 3.09.